The van der Waals surface area contributed by atoms with Gasteiger partial charge in [-0.2, -0.15) is 0 Å². The van der Waals surface area contributed by atoms with Crippen molar-refractivity contribution < 1.29 is 0 Å². The summed E-state index contributed by atoms with van der Waals surface area (Å²) in [5.41, 5.74) is 0. The van der Waals surface area contributed by atoms with Crippen molar-refractivity contribution in [2.24, 2.45) is 35.5 Å². The highest BCUT2D eigenvalue weighted by molar-refractivity contribution is 6.30. The van der Waals surface area contributed by atoms with Crippen molar-refractivity contribution in [1.82, 2.24) is 0 Å². The molecule has 1 heteroatoms. The lowest BCUT2D eigenvalue weighted by Gasteiger charge is -3.05. The molecular weight excluding hydrogens is 132 g/mol. The van der Waals surface area contributed by atoms with E-state index in [2.05, 4.69) is 0 Å². The first kappa shape index (κ1) is 3.61. The SMILES string of the molecule is ClC12[C]3C4C5C3C1C5C42. The van der Waals surface area contributed by atoms with E-state index < -0.39 is 0 Å². The normalized spacial score (nSPS) is 99.7. The fraction of sp³-hybridized carbons (Fsp3) is 0.875. The van der Waals surface area contributed by atoms with E-state index in [4.69, 9.17) is 11.6 Å². The molecule has 0 nitrogen and oxygen atoms in total. The van der Waals surface area contributed by atoms with Crippen LogP contribution in [0, 0.1) is 41.4 Å². The van der Waals surface area contributed by atoms with Crippen LogP contribution >= 0.6 is 11.6 Å². The molecule has 6 saturated carbocycles. The fourth-order valence-electron chi connectivity index (χ4n) is 4.87. The van der Waals surface area contributed by atoms with Gasteiger partial charge in [0.15, 0.2) is 0 Å². The average molecular weight is 138 g/mol. The molecule has 9 heavy (non-hydrogen) atoms. The molecule has 0 heterocycles. The van der Waals surface area contributed by atoms with E-state index in [0.717, 1.165) is 29.6 Å². The molecule has 1 radical (unpaired) electrons. The molecule has 4 atom stereocenters. The maximum atomic E-state index is 6.35. The topological polar surface area (TPSA) is 0 Å². The predicted molar refractivity (Wildman–Crippen MR) is 32.8 cm³/mol. The van der Waals surface area contributed by atoms with Gasteiger partial charge in [-0.3, -0.25) is 0 Å². The number of halogens is 1. The standard InChI is InChI=1S/C8H6Cl/c9-8-5-2-1-3(5)7(8)4(1)6(2)8/h1-6H. The summed E-state index contributed by atoms with van der Waals surface area (Å²) in [5.74, 6) is 8.32. The monoisotopic (exact) mass is 137 g/mol. The van der Waals surface area contributed by atoms with E-state index >= 15 is 0 Å². The smallest absolute Gasteiger partial charge is 0.0582 e. The maximum Gasteiger partial charge on any atom is 0.0582 e. The third-order valence-electron chi connectivity index (χ3n) is 5.01. The zero-order valence-electron chi connectivity index (χ0n) is 4.84. The quantitative estimate of drug-likeness (QED) is 0.442. The van der Waals surface area contributed by atoms with Crippen LogP contribution < -0.4 is 0 Å². The summed E-state index contributed by atoms with van der Waals surface area (Å²) in [4.78, 5) is 0.356. The van der Waals surface area contributed by atoms with Crippen LogP contribution in [0.25, 0.3) is 0 Å². The van der Waals surface area contributed by atoms with Crippen LogP contribution in [0.15, 0.2) is 0 Å². The van der Waals surface area contributed by atoms with Crippen molar-refractivity contribution in [3.63, 3.8) is 0 Å². The second kappa shape index (κ2) is 0.592. The van der Waals surface area contributed by atoms with E-state index in [1.54, 1.807) is 5.92 Å². The highest BCUT2D eigenvalue weighted by Gasteiger charge is 3.04. The largest absolute Gasteiger partial charge is 0.118 e. The molecule has 0 bridgehead atoms. The summed E-state index contributed by atoms with van der Waals surface area (Å²) >= 11 is 6.35. The Morgan fingerprint density at radius 1 is 1.11 bits per heavy atom. The lowest BCUT2D eigenvalue weighted by molar-refractivity contribution is -0.468. The molecule has 6 fully saturated rings. The molecule has 0 amide bonds. The molecule has 0 aromatic carbocycles. The third kappa shape index (κ3) is 0.111. The van der Waals surface area contributed by atoms with E-state index in [-0.39, 0.29) is 0 Å². The zero-order valence-corrected chi connectivity index (χ0v) is 5.60. The van der Waals surface area contributed by atoms with Crippen molar-refractivity contribution in [3.05, 3.63) is 5.92 Å². The van der Waals surface area contributed by atoms with Crippen LogP contribution in [-0.4, -0.2) is 4.87 Å². The van der Waals surface area contributed by atoms with Crippen LogP contribution in [0.5, 0.6) is 0 Å². The van der Waals surface area contributed by atoms with Gasteiger partial charge in [-0.1, -0.05) is 0 Å². The second-order valence-corrected chi connectivity index (χ2v) is 5.11. The van der Waals surface area contributed by atoms with Gasteiger partial charge in [-0.25, -0.2) is 0 Å². The number of alkyl halides is 1. The Balaban J connectivity index is 1.93. The van der Waals surface area contributed by atoms with E-state index in [9.17, 15) is 0 Å². The Kier molecular flexibility index (Phi) is 0.238. The predicted octanol–water partition coefficient (Wildman–Crippen LogP) is 1.30. The first-order chi connectivity index (χ1) is 4.37. The minimum absolute atomic E-state index is 0.356. The number of rotatable bonds is 0. The van der Waals surface area contributed by atoms with Crippen LogP contribution in [-0.2, 0) is 0 Å². The first-order valence-corrected chi connectivity index (χ1v) is 4.30. The van der Waals surface area contributed by atoms with Gasteiger partial charge >= 0.3 is 0 Å². The lowest BCUT2D eigenvalue weighted by Crippen LogP contribution is -3.06. The summed E-state index contributed by atoms with van der Waals surface area (Å²) in [7, 11) is 0. The van der Waals surface area contributed by atoms with Crippen molar-refractivity contribution in [3.8, 4) is 0 Å². The first-order valence-electron chi connectivity index (χ1n) is 3.93. The van der Waals surface area contributed by atoms with E-state index in [0.29, 0.717) is 4.87 Å². The number of hydrogen-bond acceptors (Lipinski definition) is 0. The molecule has 6 aliphatic carbocycles. The maximum absolute atomic E-state index is 6.35. The summed E-state index contributed by atoms with van der Waals surface area (Å²) in [6.07, 6.45) is 0. The van der Waals surface area contributed by atoms with Crippen LogP contribution in [0.4, 0.5) is 0 Å². The molecule has 6 rings (SSSR count). The molecule has 0 saturated heterocycles. The van der Waals surface area contributed by atoms with Crippen LogP contribution in [0.3, 0.4) is 0 Å². The van der Waals surface area contributed by atoms with Crippen molar-refractivity contribution in [2.45, 2.75) is 4.87 Å². The van der Waals surface area contributed by atoms with Gasteiger partial charge in [0.1, 0.15) is 0 Å². The van der Waals surface area contributed by atoms with Gasteiger partial charge in [-0.15, -0.1) is 11.6 Å². The molecule has 0 N–H and O–H groups in total. The zero-order chi connectivity index (χ0) is 5.54. The average Bonchev–Trinajstić information content (AvgIpc) is 1.88. The summed E-state index contributed by atoms with van der Waals surface area (Å²) in [6.45, 7) is 0. The van der Waals surface area contributed by atoms with Crippen LogP contribution in [0.2, 0.25) is 0 Å². The summed E-state index contributed by atoms with van der Waals surface area (Å²) in [5, 5.41) is 0. The summed E-state index contributed by atoms with van der Waals surface area (Å²) in [6, 6.07) is 0. The minimum atomic E-state index is 0.356. The van der Waals surface area contributed by atoms with E-state index in [1.165, 1.54) is 5.92 Å². The molecule has 0 aromatic rings. The van der Waals surface area contributed by atoms with Crippen molar-refractivity contribution in [1.29, 1.82) is 0 Å². The molecular formula is C8H6Cl. The Labute approximate surface area is 58.6 Å². The van der Waals surface area contributed by atoms with Crippen LogP contribution in [0.1, 0.15) is 0 Å². The third-order valence-corrected chi connectivity index (χ3v) is 5.73. The van der Waals surface area contributed by atoms with Gasteiger partial charge < -0.3 is 0 Å². The molecule has 4 unspecified atom stereocenters. The molecule has 6 aliphatic rings. The Morgan fingerprint density at radius 2 is 1.78 bits per heavy atom. The highest BCUT2D eigenvalue weighted by atomic mass is 35.5. The molecule has 45 valence electrons. The van der Waals surface area contributed by atoms with Gasteiger partial charge in [-0.05, 0) is 35.5 Å². The van der Waals surface area contributed by atoms with E-state index in [1.807, 2.05) is 0 Å². The Morgan fingerprint density at radius 3 is 2.00 bits per heavy atom. The Bertz CT molecular complexity index is 206. The Hall–Kier alpha value is 0.290. The van der Waals surface area contributed by atoms with Gasteiger partial charge in [0.2, 0.25) is 0 Å². The van der Waals surface area contributed by atoms with Crippen molar-refractivity contribution >= 4 is 11.6 Å². The molecule has 0 spiro atoms. The minimum Gasteiger partial charge on any atom is -0.118 e. The number of hydrogen-bond donors (Lipinski definition) is 0. The van der Waals surface area contributed by atoms with Crippen molar-refractivity contribution in [2.75, 3.05) is 0 Å². The second-order valence-electron chi connectivity index (χ2n) is 4.48. The fourth-order valence-corrected chi connectivity index (χ4v) is 5.68. The molecule has 0 aromatic heterocycles. The molecule has 0 aliphatic heterocycles. The van der Waals surface area contributed by atoms with Gasteiger partial charge in [0.05, 0.1) is 4.87 Å². The highest BCUT2D eigenvalue weighted by Crippen LogP contribution is 3.04. The van der Waals surface area contributed by atoms with Gasteiger partial charge in [0.25, 0.3) is 0 Å². The summed E-state index contributed by atoms with van der Waals surface area (Å²) < 4.78 is 0. The lowest BCUT2D eigenvalue weighted by atomic mass is 9.01. The van der Waals surface area contributed by atoms with Gasteiger partial charge in [0, 0.05) is 5.92 Å².